The van der Waals surface area contributed by atoms with Gasteiger partial charge in [-0.1, -0.05) is 66.6 Å². The van der Waals surface area contributed by atoms with Crippen LogP contribution in [-0.4, -0.2) is 37.7 Å². The minimum atomic E-state index is 0. The monoisotopic (exact) mass is 609 g/mol. The first-order chi connectivity index (χ1) is 17.6. The molecule has 4 heteroatoms. The molecule has 2 aliphatic rings. The maximum absolute atomic E-state index is 5.91. The van der Waals surface area contributed by atoms with Gasteiger partial charge in [0.25, 0.3) is 0 Å². The van der Waals surface area contributed by atoms with Crippen molar-refractivity contribution in [3.63, 3.8) is 0 Å². The van der Waals surface area contributed by atoms with Crippen LogP contribution in [0.2, 0.25) is 0 Å². The highest BCUT2D eigenvalue weighted by atomic mass is 127. The number of allylic oxidation sites excluding steroid dienone is 1. The number of fused-ring (bicyclic) bond motifs is 1. The van der Waals surface area contributed by atoms with Crippen molar-refractivity contribution in [2.45, 2.75) is 40.0 Å². The molecule has 0 radical (unpaired) electrons. The highest BCUT2D eigenvalue weighted by Crippen LogP contribution is 2.37. The number of aryl methyl sites for hydroxylation is 2. The van der Waals surface area contributed by atoms with Crippen LogP contribution in [0.15, 0.2) is 72.8 Å². The van der Waals surface area contributed by atoms with Gasteiger partial charge in [0.15, 0.2) is 0 Å². The van der Waals surface area contributed by atoms with E-state index < -0.39 is 0 Å². The summed E-state index contributed by atoms with van der Waals surface area (Å²) in [6.45, 7) is 11.4. The summed E-state index contributed by atoms with van der Waals surface area (Å²) in [5, 5.41) is 0. The van der Waals surface area contributed by atoms with Gasteiger partial charge >= 0.3 is 0 Å². The Kier molecular flexibility index (Phi) is 13.3. The van der Waals surface area contributed by atoms with Gasteiger partial charge in [0.2, 0.25) is 0 Å². The number of hydrogen-bond donors (Lipinski definition) is 0. The summed E-state index contributed by atoms with van der Waals surface area (Å²) in [4.78, 5) is 2.49. The molecule has 0 atom stereocenters. The van der Waals surface area contributed by atoms with Crippen LogP contribution in [-0.2, 0) is 0 Å². The number of nitrogens with zero attached hydrogens (tertiary/aromatic N) is 1. The van der Waals surface area contributed by atoms with E-state index >= 15 is 0 Å². The van der Waals surface area contributed by atoms with Gasteiger partial charge in [-0.25, -0.2) is 0 Å². The first-order valence-corrected chi connectivity index (χ1v) is 12.8. The standard InChI is InChI=1S/C18H18O.C13H19NO.C2H2.HI/c1-12-4-7-15(8-5-12)17-11-19-18-10-13(2)6-9-16(18)14(17)3;1-3-7-13(8-4-1)15-12-11-14-9-5-2-6-10-14;1-2;/h4-10H,11H2,1-3H3;1,3-4,7-8H,2,5-6,9-12H2;1-2H;1H. The maximum Gasteiger partial charge on any atom is 0.127 e. The Morgan fingerprint density at radius 2 is 1.46 bits per heavy atom. The summed E-state index contributed by atoms with van der Waals surface area (Å²) in [7, 11) is 0. The van der Waals surface area contributed by atoms with Gasteiger partial charge in [-0.15, -0.1) is 36.8 Å². The molecule has 3 aromatic rings. The van der Waals surface area contributed by atoms with Crippen LogP contribution >= 0.6 is 24.0 Å². The van der Waals surface area contributed by atoms with Gasteiger partial charge in [0.1, 0.15) is 24.7 Å². The zero-order chi connectivity index (χ0) is 25.8. The van der Waals surface area contributed by atoms with E-state index in [-0.39, 0.29) is 24.0 Å². The van der Waals surface area contributed by atoms with Crippen LogP contribution in [0.25, 0.3) is 11.1 Å². The number of halogens is 1. The second-order valence-corrected chi connectivity index (χ2v) is 9.32. The molecule has 5 rings (SSSR count). The molecule has 37 heavy (non-hydrogen) atoms. The zero-order valence-electron chi connectivity index (χ0n) is 22.4. The van der Waals surface area contributed by atoms with Crippen LogP contribution in [0.4, 0.5) is 0 Å². The number of para-hydroxylation sites is 1. The molecule has 1 saturated heterocycles. The molecule has 3 nitrogen and oxygen atoms in total. The molecule has 196 valence electrons. The van der Waals surface area contributed by atoms with Gasteiger partial charge in [-0.3, -0.25) is 4.90 Å². The van der Waals surface area contributed by atoms with Crippen LogP contribution in [0, 0.1) is 26.7 Å². The quantitative estimate of drug-likeness (QED) is 0.216. The molecular weight excluding hydrogens is 569 g/mol. The van der Waals surface area contributed by atoms with Gasteiger partial charge in [-0.05, 0) is 81.6 Å². The fourth-order valence-corrected chi connectivity index (χ4v) is 4.53. The van der Waals surface area contributed by atoms with E-state index in [0.717, 1.165) is 24.7 Å². The summed E-state index contributed by atoms with van der Waals surface area (Å²) in [6.07, 6.45) is 12.1. The number of rotatable bonds is 5. The first-order valence-electron chi connectivity index (χ1n) is 12.8. The lowest BCUT2D eigenvalue weighted by molar-refractivity contribution is 0.183. The molecule has 0 spiro atoms. The predicted octanol–water partition coefficient (Wildman–Crippen LogP) is 8.05. The number of piperidine rings is 1. The van der Waals surface area contributed by atoms with Crippen molar-refractivity contribution in [1.82, 2.24) is 4.90 Å². The van der Waals surface area contributed by atoms with E-state index in [0.29, 0.717) is 6.61 Å². The maximum atomic E-state index is 5.91. The topological polar surface area (TPSA) is 21.7 Å². The Morgan fingerprint density at radius 3 is 2.14 bits per heavy atom. The Balaban J connectivity index is 0.000000244. The molecular formula is C33H40INO2. The summed E-state index contributed by atoms with van der Waals surface area (Å²) in [6, 6.07) is 25.1. The number of ether oxygens (including phenoxy) is 2. The molecule has 0 bridgehead atoms. The zero-order valence-corrected chi connectivity index (χ0v) is 24.7. The average Bonchev–Trinajstić information content (AvgIpc) is 2.92. The van der Waals surface area contributed by atoms with Gasteiger partial charge in [0, 0.05) is 17.7 Å². The van der Waals surface area contributed by atoms with Crippen molar-refractivity contribution in [3.8, 4) is 24.3 Å². The fraction of sp³-hybridized carbons (Fsp3) is 0.333. The summed E-state index contributed by atoms with van der Waals surface area (Å²) in [5.74, 6) is 1.99. The van der Waals surface area contributed by atoms with E-state index in [4.69, 9.17) is 9.47 Å². The second kappa shape index (κ2) is 16.2. The molecule has 0 aromatic heterocycles. The smallest absolute Gasteiger partial charge is 0.127 e. The minimum absolute atomic E-state index is 0. The van der Waals surface area contributed by atoms with E-state index in [9.17, 15) is 0 Å². The highest BCUT2D eigenvalue weighted by Gasteiger charge is 2.18. The second-order valence-electron chi connectivity index (χ2n) is 9.32. The highest BCUT2D eigenvalue weighted by molar-refractivity contribution is 14.0. The minimum Gasteiger partial charge on any atom is -0.492 e. The molecule has 3 aromatic carbocycles. The van der Waals surface area contributed by atoms with E-state index in [2.05, 4.69) is 81.0 Å². The molecule has 0 aliphatic carbocycles. The number of hydrogen-bond acceptors (Lipinski definition) is 3. The van der Waals surface area contributed by atoms with Gasteiger partial charge in [-0.2, -0.15) is 0 Å². The lowest BCUT2D eigenvalue weighted by Crippen LogP contribution is -2.33. The summed E-state index contributed by atoms with van der Waals surface area (Å²) < 4.78 is 11.6. The lowest BCUT2D eigenvalue weighted by atomic mass is 9.93. The predicted molar refractivity (Wildman–Crippen MR) is 168 cm³/mol. The largest absolute Gasteiger partial charge is 0.492 e. The Morgan fingerprint density at radius 1 is 0.811 bits per heavy atom. The van der Waals surface area contributed by atoms with E-state index in [1.54, 1.807) is 0 Å². The molecule has 0 N–H and O–H groups in total. The number of likely N-dealkylation sites (tertiary alicyclic amines) is 1. The molecule has 2 aliphatic heterocycles. The summed E-state index contributed by atoms with van der Waals surface area (Å²) >= 11 is 0. The van der Waals surface area contributed by atoms with Crippen LogP contribution in [0.3, 0.4) is 0 Å². The third-order valence-corrected chi connectivity index (χ3v) is 6.63. The van der Waals surface area contributed by atoms with Crippen LogP contribution in [0.5, 0.6) is 11.5 Å². The fourth-order valence-electron chi connectivity index (χ4n) is 4.53. The third-order valence-electron chi connectivity index (χ3n) is 6.63. The Bertz CT molecular complexity index is 1130. The van der Waals surface area contributed by atoms with Gasteiger partial charge in [0.05, 0.1) is 0 Å². The van der Waals surface area contributed by atoms with Crippen molar-refractivity contribution in [1.29, 1.82) is 0 Å². The molecule has 0 saturated carbocycles. The van der Waals surface area contributed by atoms with Crippen molar-refractivity contribution >= 4 is 35.1 Å². The van der Waals surface area contributed by atoms with Crippen molar-refractivity contribution in [2.24, 2.45) is 0 Å². The van der Waals surface area contributed by atoms with Crippen molar-refractivity contribution < 1.29 is 9.47 Å². The molecule has 0 amide bonds. The van der Waals surface area contributed by atoms with Crippen LogP contribution in [0.1, 0.15) is 48.4 Å². The number of terminal acetylenes is 1. The molecule has 2 heterocycles. The third kappa shape index (κ3) is 9.25. The lowest BCUT2D eigenvalue weighted by Gasteiger charge is -2.26. The van der Waals surface area contributed by atoms with E-state index in [1.807, 2.05) is 30.3 Å². The van der Waals surface area contributed by atoms with Crippen molar-refractivity contribution in [3.05, 3.63) is 95.1 Å². The SMILES string of the molecule is C#C.CC1=C(c2ccc(C)cc2)COc2cc(C)ccc21.I.c1ccc(OCCN2CCCCC2)cc1. The Labute approximate surface area is 240 Å². The Hall–Kier alpha value is -2.75. The van der Waals surface area contributed by atoms with E-state index in [1.165, 1.54) is 65.8 Å². The normalized spacial score (nSPS) is 14.4. The van der Waals surface area contributed by atoms with Crippen molar-refractivity contribution in [2.75, 3.05) is 32.8 Å². The number of benzene rings is 3. The average molecular weight is 610 g/mol. The first kappa shape index (κ1) is 30.5. The summed E-state index contributed by atoms with van der Waals surface area (Å²) in [5.41, 5.74) is 7.61. The van der Waals surface area contributed by atoms with Gasteiger partial charge < -0.3 is 9.47 Å². The van der Waals surface area contributed by atoms with Crippen LogP contribution < -0.4 is 9.47 Å². The molecule has 1 fully saturated rings. The molecule has 0 unspecified atom stereocenters.